The molecule has 2 heterocycles. The lowest BCUT2D eigenvalue weighted by Crippen LogP contribution is -2.01. The number of rotatable bonds is 3. The predicted molar refractivity (Wildman–Crippen MR) is 83.4 cm³/mol. The lowest BCUT2D eigenvalue weighted by atomic mass is 10.2. The first-order valence-corrected chi connectivity index (χ1v) is 6.64. The second-order valence-electron chi connectivity index (χ2n) is 4.53. The Bertz CT molecular complexity index is 783. The highest BCUT2D eigenvalue weighted by Gasteiger charge is 2.08. The van der Waals surface area contributed by atoms with E-state index in [9.17, 15) is 0 Å². The molecular weight excluding hydrogens is 288 g/mol. The van der Waals surface area contributed by atoms with Crippen LogP contribution in [0.3, 0.4) is 0 Å². The quantitative estimate of drug-likeness (QED) is 0.777. The Morgan fingerprint density at radius 1 is 1.29 bits per heavy atom. The zero-order valence-electron chi connectivity index (χ0n) is 11.3. The number of halogens is 1. The highest BCUT2D eigenvalue weighted by atomic mass is 35.5. The molecule has 3 N–H and O–H groups in total. The van der Waals surface area contributed by atoms with Crippen LogP contribution < -0.4 is 11.1 Å². The summed E-state index contributed by atoms with van der Waals surface area (Å²) in [7, 11) is 1.84. The smallest absolute Gasteiger partial charge is 0.229 e. The maximum atomic E-state index is 5.99. The highest BCUT2D eigenvalue weighted by molar-refractivity contribution is 6.30. The Morgan fingerprint density at radius 3 is 2.81 bits per heavy atom. The van der Waals surface area contributed by atoms with Crippen molar-refractivity contribution in [2.45, 2.75) is 0 Å². The topological polar surface area (TPSA) is 81.7 Å². The fraction of sp³-hybridized carbons (Fsp3) is 0.0714. The van der Waals surface area contributed by atoms with E-state index < -0.39 is 0 Å². The molecule has 106 valence electrons. The van der Waals surface area contributed by atoms with E-state index in [0.717, 1.165) is 16.8 Å². The van der Waals surface area contributed by atoms with Crippen LogP contribution in [0.1, 0.15) is 0 Å². The van der Waals surface area contributed by atoms with Crippen LogP contribution in [-0.4, -0.2) is 19.7 Å². The van der Waals surface area contributed by atoms with E-state index in [4.69, 9.17) is 17.3 Å². The third kappa shape index (κ3) is 2.95. The van der Waals surface area contributed by atoms with Gasteiger partial charge in [-0.2, -0.15) is 10.1 Å². The molecule has 0 aliphatic rings. The molecule has 0 atom stereocenters. The number of hydrogen-bond acceptors (Lipinski definition) is 5. The third-order valence-electron chi connectivity index (χ3n) is 2.91. The van der Waals surface area contributed by atoms with E-state index in [1.807, 2.05) is 25.4 Å². The summed E-state index contributed by atoms with van der Waals surface area (Å²) in [6.45, 7) is 0. The molecule has 0 bridgehead atoms. The minimum Gasteiger partial charge on any atom is -0.383 e. The van der Waals surface area contributed by atoms with Crippen molar-refractivity contribution in [3.05, 3.63) is 47.9 Å². The Labute approximate surface area is 126 Å². The molecule has 7 heteroatoms. The van der Waals surface area contributed by atoms with Crippen LogP contribution in [0.25, 0.3) is 11.1 Å². The summed E-state index contributed by atoms with van der Waals surface area (Å²) in [5.74, 6) is 0.810. The molecule has 0 radical (unpaired) electrons. The minimum atomic E-state index is 0.391. The number of hydrogen-bond donors (Lipinski definition) is 2. The first-order valence-electron chi connectivity index (χ1n) is 6.26. The fourth-order valence-corrected chi connectivity index (χ4v) is 2.12. The number of aromatic nitrogens is 4. The standard InChI is InChI=1S/C14H13ClN6/c1-21-8-9(6-18-21)12-7-17-14(20-13(12)16)19-11-4-2-3-10(15)5-11/h2-8H,1H3,(H3,16,17,19,20). The summed E-state index contributed by atoms with van der Waals surface area (Å²) in [6, 6.07) is 7.31. The van der Waals surface area contributed by atoms with Crippen LogP contribution in [-0.2, 0) is 7.05 Å². The van der Waals surface area contributed by atoms with Gasteiger partial charge in [-0.1, -0.05) is 17.7 Å². The Hall–Kier alpha value is -2.60. The molecule has 0 unspecified atom stereocenters. The van der Waals surface area contributed by atoms with Crippen LogP contribution in [0.5, 0.6) is 0 Å². The van der Waals surface area contributed by atoms with Crippen molar-refractivity contribution in [2.24, 2.45) is 7.05 Å². The maximum Gasteiger partial charge on any atom is 0.229 e. The summed E-state index contributed by atoms with van der Waals surface area (Å²) in [4.78, 5) is 8.53. The highest BCUT2D eigenvalue weighted by Crippen LogP contribution is 2.25. The zero-order chi connectivity index (χ0) is 14.8. The second kappa shape index (κ2) is 5.41. The van der Waals surface area contributed by atoms with Gasteiger partial charge >= 0.3 is 0 Å². The number of nitrogen functional groups attached to an aromatic ring is 1. The van der Waals surface area contributed by atoms with Crippen molar-refractivity contribution < 1.29 is 0 Å². The van der Waals surface area contributed by atoms with E-state index >= 15 is 0 Å². The average Bonchev–Trinajstić information content (AvgIpc) is 2.85. The van der Waals surface area contributed by atoms with Gasteiger partial charge in [0.05, 0.1) is 6.20 Å². The van der Waals surface area contributed by atoms with Crippen molar-refractivity contribution >= 4 is 29.1 Å². The van der Waals surface area contributed by atoms with Crippen LogP contribution in [0.2, 0.25) is 5.02 Å². The minimum absolute atomic E-state index is 0.391. The molecular formula is C14H13ClN6. The second-order valence-corrected chi connectivity index (χ2v) is 4.97. The molecule has 0 amide bonds. The first kappa shape index (κ1) is 13.4. The molecule has 3 aromatic rings. The third-order valence-corrected chi connectivity index (χ3v) is 3.15. The van der Waals surface area contributed by atoms with Crippen molar-refractivity contribution in [3.8, 4) is 11.1 Å². The zero-order valence-corrected chi connectivity index (χ0v) is 12.0. The lowest BCUT2D eigenvalue weighted by molar-refractivity contribution is 0.768. The van der Waals surface area contributed by atoms with Gasteiger partial charge in [-0.15, -0.1) is 0 Å². The van der Waals surface area contributed by atoms with Gasteiger partial charge < -0.3 is 11.1 Å². The van der Waals surface area contributed by atoms with Gasteiger partial charge in [0.2, 0.25) is 5.95 Å². The molecule has 0 aliphatic heterocycles. The summed E-state index contributed by atoms with van der Waals surface area (Å²) in [5, 5.41) is 7.81. The average molecular weight is 301 g/mol. The van der Waals surface area contributed by atoms with E-state index in [1.165, 1.54) is 0 Å². The van der Waals surface area contributed by atoms with Gasteiger partial charge in [-0.05, 0) is 18.2 Å². The predicted octanol–water partition coefficient (Wildman–Crippen LogP) is 2.86. The molecule has 1 aromatic carbocycles. The summed E-state index contributed by atoms with van der Waals surface area (Å²) in [5.41, 5.74) is 8.42. The molecule has 2 aromatic heterocycles. The molecule has 0 saturated heterocycles. The van der Waals surface area contributed by atoms with Gasteiger partial charge in [-0.25, -0.2) is 4.98 Å². The fourth-order valence-electron chi connectivity index (χ4n) is 1.93. The van der Waals surface area contributed by atoms with Gasteiger partial charge in [0.25, 0.3) is 0 Å². The SMILES string of the molecule is Cn1cc(-c2cnc(Nc3cccc(Cl)c3)nc2N)cn1. The number of benzene rings is 1. The van der Waals surface area contributed by atoms with Crippen molar-refractivity contribution in [1.29, 1.82) is 0 Å². The van der Waals surface area contributed by atoms with Crippen LogP contribution in [0.4, 0.5) is 17.5 Å². The molecule has 0 saturated carbocycles. The van der Waals surface area contributed by atoms with Crippen LogP contribution >= 0.6 is 11.6 Å². The number of aryl methyl sites for hydroxylation is 1. The van der Waals surface area contributed by atoms with E-state index in [0.29, 0.717) is 16.8 Å². The summed E-state index contributed by atoms with van der Waals surface area (Å²) >= 11 is 5.94. The molecule has 0 fully saturated rings. The van der Waals surface area contributed by atoms with E-state index in [1.54, 1.807) is 29.2 Å². The number of anilines is 3. The number of nitrogens with two attached hydrogens (primary N) is 1. The van der Waals surface area contributed by atoms with Crippen molar-refractivity contribution in [1.82, 2.24) is 19.7 Å². The Kier molecular flexibility index (Phi) is 3.45. The van der Waals surface area contributed by atoms with Gasteiger partial charge in [0.15, 0.2) is 0 Å². The van der Waals surface area contributed by atoms with Crippen molar-refractivity contribution in [2.75, 3.05) is 11.1 Å². The molecule has 3 rings (SSSR count). The number of nitrogens with one attached hydrogen (secondary N) is 1. The molecule has 21 heavy (non-hydrogen) atoms. The van der Waals surface area contributed by atoms with Gasteiger partial charge in [0, 0.05) is 41.3 Å². The normalized spacial score (nSPS) is 10.6. The summed E-state index contributed by atoms with van der Waals surface area (Å²) in [6.07, 6.45) is 5.25. The first-order chi connectivity index (χ1) is 10.1. The van der Waals surface area contributed by atoms with Crippen LogP contribution in [0, 0.1) is 0 Å². The Morgan fingerprint density at radius 2 is 2.14 bits per heavy atom. The maximum absolute atomic E-state index is 5.99. The summed E-state index contributed by atoms with van der Waals surface area (Å²) < 4.78 is 1.70. The number of nitrogens with zero attached hydrogens (tertiary/aromatic N) is 4. The van der Waals surface area contributed by atoms with Crippen molar-refractivity contribution in [3.63, 3.8) is 0 Å². The van der Waals surface area contributed by atoms with E-state index in [2.05, 4.69) is 20.4 Å². The lowest BCUT2D eigenvalue weighted by Gasteiger charge is -2.07. The van der Waals surface area contributed by atoms with Gasteiger partial charge in [-0.3, -0.25) is 4.68 Å². The molecule has 0 spiro atoms. The molecule has 6 nitrogen and oxygen atoms in total. The van der Waals surface area contributed by atoms with Gasteiger partial charge in [0.1, 0.15) is 5.82 Å². The molecule has 0 aliphatic carbocycles. The van der Waals surface area contributed by atoms with E-state index in [-0.39, 0.29) is 0 Å². The monoisotopic (exact) mass is 300 g/mol. The largest absolute Gasteiger partial charge is 0.383 e. The Balaban J connectivity index is 1.87. The van der Waals surface area contributed by atoms with Crippen LogP contribution in [0.15, 0.2) is 42.9 Å².